The first kappa shape index (κ1) is 23.9. The van der Waals surface area contributed by atoms with E-state index in [0.717, 1.165) is 58.1 Å². The maximum absolute atomic E-state index is 5.19. The number of methoxy groups -OCH3 is 1. The second kappa shape index (κ2) is 11.7. The number of halogens is 2. The van der Waals surface area contributed by atoms with Crippen LogP contribution in [0, 0.1) is 0 Å². The minimum Gasteiger partial charge on any atom is -0.383 e. The number of guanidine groups is 1. The Morgan fingerprint density at radius 2 is 2.00 bits per heavy atom. The highest BCUT2D eigenvalue weighted by atomic mass is 127. The second-order valence-electron chi connectivity index (χ2n) is 7.71. The molecule has 2 fully saturated rings. The first-order chi connectivity index (χ1) is 13.2. The Balaban J connectivity index is 0.00000280. The van der Waals surface area contributed by atoms with Gasteiger partial charge in [-0.15, -0.1) is 24.0 Å². The lowest BCUT2D eigenvalue weighted by molar-refractivity contribution is 0.128. The van der Waals surface area contributed by atoms with Crippen molar-refractivity contribution in [3.05, 3.63) is 34.3 Å². The molecule has 158 valence electrons. The van der Waals surface area contributed by atoms with E-state index in [2.05, 4.69) is 62.7 Å². The van der Waals surface area contributed by atoms with Crippen molar-refractivity contribution < 1.29 is 4.74 Å². The monoisotopic (exact) mass is 564 g/mol. The molecule has 28 heavy (non-hydrogen) atoms. The van der Waals surface area contributed by atoms with Crippen LogP contribution in [0.3, 0.4) is 0 Å². The molecule has 7 heteroatoms. The van der Waals surface area contributed by atoms with E-state index in [4.69, 9.17) is 9.73 Å². The Morgan fingerprint density at radius 3 is 2.61 bits per heavy atom. The van der Waals surface area contributed by atoms with Crippen LogP contribution in [-0.4, -0.2) is 63.3 Å². The summed E-state index contributed by atoms with van der Waals surface area (Å²) in [7, 11) is 1.77. The summed E-state index contributed by atoms with van der Waals surface area (Å²) in [6.45, 7) is 7.97. The van der Waals surface area contributed by atoms with Gasteiger partial charge in [0.25, 0.3) is 0 Å². The van der Waals surface area contributed by atoms with Crippen molar-refractivity contribution in [2.24, 2.45) is 4.99 Å². The van der Waals surface area contributed by atoms with Crippen LogP contribution in [0.2, 0.25) is 0 Å². The SMILES string of the molecule is CCNC(=NCC1(c2ccccc2Br)CC1)NC1CCN(CCOC)CC1.I. The van der Waals surface area contributed by atoms with Gasteiger partial charge >= 0.3 is 0 Å². The summed E-state index contributed by atoms with van der Waals surface area (Å²) in [6.07, 6.45) is 4.75. The van der Waals surface area contributed by atoms with Gasteiger partial charge in [0.05, 0.1) is 13.2 Å². The van der Waals surface area contributed by atoms with Crippen molar-refractivity contribution in [3.63, 3.8) is 0 Å². The molecule has 1 aliphatic heterocycles. The number of ether oxygens (including phenoxy) is 1. The summed E-state index contributed by atoms with van der Waals surface area (Å²) in [5.41, 5.74) is 1.61. The molecule has 1 aromatic carbocycles. The van der Waals surface area contributed by atoms with E-state index in [1.807, 2.05) is 0 Å². The van der Waals surface area contributed by atoms with Gasteiger partial charge in [-0.2, -0.15) is 0 Å². The molecule has 0 aromatic heterocycles. The van der Waals surface area contributed by atoms with Gasteiger partial charge < -0.3 is 20.3 Å². The minimum atomic E-state index is 0. The van der Waals surface area contributed by atoms with Gasteiger partial charge in [-0.1, -0.05) is 34.1 Å². The van der Waals surface area contributed by atoms with Crippen LogP contribution < -0.4 is 10.6 Å². The highest BCUT2D eigenvalue weighted by Crippen LogP contribution is 2.50. The lowest BCUT2D eigenvalue weighted by Crippen LogP contribution is -2.49. The highest BCUT2D eigenvalue weighted by Gasteiger charge is 2.45. The van der Waals surface area contributed by atoms with E-state index >= 15 is 0 Å². The predicted octanol–water partition coefficient (Wildman–Crippen LogP) is 3.76. The van der Waals surface area contributed by atoms with Crippen LogP contribution in [0.5, 0.6) is 0 Å². The molecule has 3 rings (SSSR count). The Morgan fingerprint density at radius 1 is 1.29 bits per heavy atom. The number of hydrogen-bond acceptors (Lipinski definition) is 3. The van der Waals surface area contributed by atoms with Gasteiger partial charge in [0.15, 0.2) is 5.96 Å². The highest BCUT2D eigenvalue weighted by molar-refractivity contribution is 14.0. The standard InChI is InChI=1S/C21H33BrN4O.HI/c1-3-23-20(25-17-8-12-26(13-9-17)14-15-27-2)24-16-21(10-11-21)18-6-4-5-7-19(18)22;/h4-7,17H,3,8-16H2,1-2H3,(H2,23,24,25);1H. The smallest absolute Gasteiger partial charge is 0.191 e. The lowest BCUT2D eigenvalue weighted by Gasteiger charge is -2.33. The average Bonchev–Trinajstić information content (AvgIpc) is 3.47. The fourth-order valence-corrected chi connectivity index (χ4v) is 4.53. The fraction of sp³-hybridized carbons (Fsp3) is 0.667. The summed E-state index contributed by atoms with van der Waals surface area (Å²) in [5, 5.41) is 7.10. The molecule has 1 aromatic rings. The second-order valence-corrected chi connectivity index (χ2v) is 8.56. The van der Waals surface area contributed by atoms with Gasteiger partial charge in [0, 0.05) is 49.2 Å². The number of nitrogens with zero attached hydrogens (tertiary/aromatic N) is 2. The zero-order chi connectivity index (χ0) is 19.1. The zero-order valence-corrected chi connectivity index (χ0v) is 21.0. The van der Waals surface area contributed by atoms with Crippen LogP contribution in [-0.2, 0) is 10.2 Å². The summed E-state index contributed by atoms with van der Waals surface area (Å²) in [5.74, 6) is 0.964. The molecule has 1 heterocycles. The van der Waals surface area contributed by atoms with E-state index in [1.54, 1.807) is 7.11 Å². The summed E-state index contributed by atoms with van der Waals surface area (Å²) in [6, 6.07) is 9.09. The normalized spacial score (nSPS) is 19.8. The van der Waals surface area contributed by atoms with Crippen molar-refractivity contribution in [1.29, 1.82) is 0 Å². The lowest BCUT2D eigenvalue weighted by atomic mass is 9.96. The van der Waals surface area contributed by atoms with Gasteiger partial charge in [0.1, 0.15) is 0 Å². The molecule has 0 amide bonds. The molecule has 0 unspecified atom stereocenters. The van der Waals surface area contributed by atoms with Gasteiger partial charge in [-0.3, -0.25) is 4.99 Å². The molecular formula is C21H34BrIN4O. The van der Waals surface area contributed by atoms with Crippen molar-refractivity contribution in [2.45, 2.75) is 44.1 Å². The number of hydrogen-bond donors (Lipinski definition) is 2. The Bertz CT molecular complexity index is 631. The Kier molecular flexibility index (Phi) is 10.00. The summed E-state index contributed by atoms with van der Waals surface area (Å²) < 4.78 is 6.40. The van der Waals surface area contributed by atoms with Crippen LogP contribution >= 0.6 is 39.9 Å². The van der Waals surface area contributed by atoms with Crippen LogP contribution in [0.1, 0.15) is 38.2 Å². The van der Waals surface area contributed by atoms with E-state index in [9.17, 15) is 0 Å². The third-order valence-corrected chi connectivity index (χ3v) is 6.41. The van der Waals surface area contributed by atoms with Crippen LogP contribution in [0.15, 0.2) is 33.7 Å². The largest absolute Gasteiger partial charge is 0.383 e. The van der Waals surface area contributed by atoms with Crippen molar-refractivity contribution >= 4 is 45.9 Å². The van der Waals surface area contributed by atoms with Crippen molar-refractivity contribution in [2.75, 3.05) is 46.4 Å². The fourth-order valence-electron chi connectivity index (χ4n) is 3.82. The van der Waals surface area contributed by atoms with Crippen LogP contribution in [0.4, 0.5) is 0 Å². The first-order valence-electron chi connectivity index (χ1n) is 10.2. The summed E-state index contributed by atoms with van der Waals surface area (Å²) >= 11 is 3.72. The van der Waals surface area contributed by atoms with Gasteiger partial charge in [0.2, 0.25) is 0 Å². The number of nitrogens with one attached hydrogen (secondary N) is 2. The molecule has 0 spiro atoms. The Labute approximate surface area is 195 Å². The molecule has 1 saturated heterocycles. The maximum atomic E-state index is 5.19. The third kappa shape index (κ3) is 6.57. The molecular weight excluding hydrogens is 531 g/mol. The molecule has 0 bridgehead atoms. The average molecular weight is 565 g/mol. The Hall–Kier alpha value is -0.380. The number of likely N-dealkylation sites (tertiary alicyclic amines) is 1. The molecule has 0 radical (unpaired) electrons. The number of aliphatic imine (C=N–C) groups is 1. The first-order valence-corrected chi connectivity index (χ1v) is 11.0. The summed E-state index contributed by atoms with van der Waals surface area (Å²) in [4.78, 5) is 7.45. The number of rotatable bonds is 8. The molecule has 2 N–H and O–H groups in total. The predicted molar refractivity (Wildman–Crippen MR) is 131 cm³/mol. The van der Waals surface area contributed by atoms with Crippen LogP contribution in [0.25, 0.3) is 0 Å². The number of piperidine rings is 1. The molecule has 0 atom stereocenters. The maximum Gasteiger partial charge on any atom is 0.191 e. The van der Waals surface area contributed by atoms with E-state index in [0.29, 0.717) is 6.04 Å². The van der Waals surface area contributed by atoms with Gasteiger partial charge in [-0.25, -0.2) is 0 Å². The topological polar surface area (TPSA) is 48.9 Å². The van der Waals surface area contributed by atoms with Gasteiger partial charge in [-0.05, 0) is 44.2 Å². The van der Waals surface area contributed by atoms with E-state index in [1.165, 1.54) is 22.9 Å². The zero-order valence-electron chi connectivity index (χ0n) is 17.0. The van der Waals surface area contributed by atoms with E-state index < -0.39 is 0 Å². The quantitative estimate of drug-likeness (QED) is 0.287. The number of benzene rings is 1. The van der Waals surface area contributed by atoms with E-state index in [-0.39, 0.29) is 29.4 Å². The van der Waals surface area contributed by atoms with Crippen molar-refractivity contribution in [3.8, 4) is 0 Å². The minimum absolute atomic E-state index is 0. The molecule has 5 nitrogen and oxygen atoms in total. The molecule has 2 aliphatic rings. The van der Waals surface area contributed by atoms with Crippen molar-refractivity contribution in [1.82, 2.24) is 15.5 Å². The molecule has 1 aliphatic carbocycles. The molecule has 1 saturated carbocycles. The third-order valence-electron chi connectivity index (χ3n) is 5.72.